The number of rotatable bonds is 14. The first-order valence-corrected chi connectivity index (χ1v) is 10.8. The van der Waals surface area contributed by atoms with E-state index in [4.69, 9.17) is 37.9 Å². The third-order valence-electron chi connectivity index (χ3n) is 5.07. The number of methoxy groups -OCH3 is 6. The predicted octanol–water partition coefficient (Wildman–Crippen LogP) is 3.74. The van der Waals surface area contributed by atoms with E-state index in [0.29, 0.717) is 45.6 Å². The van der Waals surface area contributed by atoms with Crippen LogP contribution in [0.15, 0.2) is 24.3 Å². The summed E-state index contributed by atoms with van der Waals surface area (Å²) in [6.07, 6.45) is -1.19. The van der Waals surface area contributed by atoms with Gasteiger partial charge in [0.25, 0.3) is 0 Å². The summed E-state index contributed by atoms with van der Waals surface area (Å²) in [6.45, 7) is -0.426. The van der Waals surface area contributed by atoms with Crippen LogP contribution in [0.4, 0.5) is 4.79 Å². The van der Waals surface area contributed by atoms with Crippen molar-refractivity contribution < 1.29 is 52.3 Å². The third-order valence-corrected chi connectivity index (χ3v) is 5.07. The van der Waals surface area contributed by atoms with E-state index in [1.54, 1.807) is 0 Å². The van der Waals surface area contributed by atoms with Crippen molar-refractivity contribution in [3.63, 3.8) is 0 Å². The Balaban J connectivity index is 1.86. The summed E-state index contributed by atoms with van der Waals surface area (Å²) in [5.41, 5.74) is 0.606. The van der Waals surface area contributed by atoms with Gasteiger partial charge in [0, 0.05) is 24.0 Å². The number of ketones is 2. The Morgan fingerprint density at radius 2 is 0.833 bits per heavy atom. The van der Waals surface area contributed by atoms with Crippen LogP contribution in [0, 0.1) is 0 Å². The van der Waals surface area contributed by atoms with Crippen LogP contribution in [0.1, 0.15) is 33.6 Å². The van der Waals surface area contributed by atoms with Crippen LogP contribution in [0.3, 0.4) is 0 Å². The Bertz CT molecular complexity index is 944. The summed E-state index contributed by atoms with van der Waals surface area (Å²) in [5.74, 6) is 1.43. The van der Waals surface area contributed by atoms with Gasteiger partial charge in [-0.2, -0.15) is 0 Å². The van der Waals surface area contributed by atoms with Crippen LogP contribution < -0.4 is 28.4 Å². The van der Waals surface area contributed by atoms with Crippen molar-refractivity contribution in [2.24, 2.45) is 0 Å². The van der Waals surface area contributed by atoms with Crippen LogP contribution in [0.5, 0.6) is 34.5 Å². The second kappa shape index (κ2) is 13.7. The molecule has 0 aromatic heterocycles. The smallest absolute Gasteiger partial charge is 0.493 e. The van der Waals surface area contributed by atoms with Gasteiger partial charge < -0.3 is 37.9 Å². The van der Waals surface area contributed by atoms with Crippen molar-refractivity contribution in [3.05, 3.63) is 35.4 Å². The monoisotopic (exact) mass is 506 g/mol. The van der Waals surface area contributed by atoms with Crippen molar-refractivity contribution in [2.75, 3.05) is 55.9 Å². The molecule has 0 N–H and O–H groups in total. The van der Waals surface area contributed by atoms with E-state index in [-0.39, 0.29) is 37.6 Å². The van der Waals surface area contributed by atoms with E-state index in [1.807, 2.05) is 0 Å². The summed E-state index contributed by atoms with van der Waals surface area (Å²) in [5, 5.41) is 0. The highest BCUT2D eigenvalue weighted by atomic mass is 16.7. The number of carbonyl (C=O) groups excluding carboxylic acids is 3. The van der Waals surface area contributed by atoms with Crippen molar-refractivity contribution >= 4 is 17.7 Å². The molecule has 0 heterocycles. The van der Waals surface area contributed by atoms with Gasteiger partial charge in [-0.25, -0.2) is 4.79 Å². The van der Waals surface area contributed by atoms with Crippen molar-refractivity contribution in [3.8, 4) is 34.5 Å². The Labute approximate surface area is 209 Å². The Hall–Kier alpha value is -4.15. The minimum atomic E-state index is -0.995. The van der Waals surface area contributed by atoms with E-state index in [1.165, 1.54) is 66.9 Å². The first-order chi connectivity index (χ1) is 17.3. The molecule has 0 amide bonds. The number of Topliss-reactive ketones (excluding diaryl/α,β-unsaturated/α-hetero) is 2. The molecule has 2 rings (SSSR count). The maximum absolute atomic E-state index is 12.5. The molecule has 0 radical (unpaired) electrons. The maximum Gasteiger partial charge on any atom is 0.508 e. The molecule has 0 saturated heterocycles. The molecule has 36 heavy (non-hydrogen) atoms. The topological polar surface area (TPSA) is 125 Å². The molecule has 0 unspecified atom stereocenters. The average Bonchev–Trinajstić information content (AvgIpc) is 2.90. The van der Waals surface area contributed by atoms with Gasteiger partial charge in [-0.3, -0.25) is 9.59 Å². The van der Waals surface area contributed by atoms with Gasteiger partial charge in [-0.1, -0.05) is 0 Å². The maximum atomic E-state index is 12.5. The standard InChI is InChI=1S/C25H30O11/c1-29-19-11-15(12-20(30-2)23(19)33-5)17(26)7-9-35-25(28)36-10-8-18(27)16-13-21(31-3)24(34-6)22(14-16)32-4/h11-14H,7-10H2,1-6H3. The Morgan fingerprint density at radius 3 is 1.08 bits per heavy atom. The summed E-state index contributed by atoms with van der Waals surface area (Å²) >= 11 is 0. The van der Waals surface area contributed by atoms with E-state index < -0.39 is 6.16 Å². The third kappa shape index (κ3) is 6.94. The lowest BCUT2D eigenvalue weighted by atomic mass is 10.1. The molecular weight excluding hydrogens is 476 g/mol. The number of hydrogen-bond acceptors (Lipinski definition) is 11. The second-order valence-corrected chi connectivity index (χ2v) is 7.12. The molecule has 11 heteroatoms. The first kappa shape index (κ1) is 28.1. The number of ether oxygens (including phenoxy) is 8. The lowest BCUT2D eigenvalue weighted by molar-refractivity contribution is 0.0519. The summed E-state index contributed by atoms with van der Waals surface area (Å²) in [6, 6.07) is 6.04. The van der Waals surface area contributed by atoms with E-state index in [9.17, 15) is 14.4 Å². The average molecular weight is 507 g/mol. The zero-order chi connectivity index (χ0) is 26.7. The molecule has 0 spiro atoms. The molecule has 0 atom stereocenters. The summed E-state index contributed by atoms with van der Waals surface area (Å²) in [4.78, 5) is 36.9. The van der Waals surface area contributed by atoms with E-state index in [0.717, 1.165) is 0 Å². The number of carbonyl (C=O) groups is 3. The largest absolute Gasteiger partial charge is 0.508 e. The fourth-order valence-electron chi connectivity index (χ4n) is 3.27. The quantitative estimate of drug-likeness (QED) is 0.275. The van der Waals surface area contributed by atoms with Gasteiger partial charge >= 0.3 is 6.16 Å². The SMILES string of the molecule is COc1cc(C(=O)CCOC(=O)OCCC(=O)c2cc(OC)c(OC)c(OC)c2)cc(OC)c1OC. The summed E-state index contributed by atoms with van der Waals surface area (Å²) in [7, 11) is 8.68. The Kier molecular flexibility index (Phi) is 10.7. The normalized spacial score (nSPS) is 10.2. The zero-order valence-corrected chi connectivity index (χ0v) is 21.1. The number of hydrogen-bond donors (Lipinski definition) is 0. The molecule has 196 valence electrons. The summed E-state index contributed by atoms with van der Waals surface area (Å²) < 4.78 is 41.3. The molecule has 0 saturated carbocycles. The molecule has 2 aromatic rings. The molecule has 0 bridgehead atoms. The molecule has 0 aliphatic heterocycles. The highest BCUT2D eigenvalue weighted by Gasteiger charge is 2.19. The van der Waals surface area contributed by atoms with Crippen molar-refractivity contribution in [1.82, 2.24) is 0 Å². The van der Waals surface area contributed by atoms with Crippen LogP contribution in [-0.2, 0) is 9.47 Å². The van der Waals surface area contributed by atoms with Gasteiger partial charge in [0.2, 0.25) is 11.5 Å². The van der Waals surface area contributed by atoms with E-state index >= 15 is 0 Å². The zero-order valence-electron chi connectivity index (χ0n) is 21.1. The first-order valence-electron chi connectivity index (χ1n) is 10.8. The van der Waals surface area contributed by atoms with Crippen molar-refractivity contribution in [1.29, 1.82) is 0 Å². The van der Waals surface area contributed by atoms with Crippen LogP contribution in [0.2, 0.25) is 0 Å². The van der Waals surface area contributed by atoms with Crippen LogP contribution in [-0.4, -0.2) is 73.6 Å². The minimum absolute atomic E-state index is 0.0991. The molecule has 0 fully saturated rings. The van der Waals surface area contributed by atoms with Gasteiger partial charge in [-0.05, 0) is 24.3 Å². The van der Waals surface area contributed by atoms with E-state index in [2.05, 4.69) is 0 Å². The minimum Gasteiger partial charge on any atom is -0.493 e. The molecular formula is C25H30O11. The molecule has 11 nitrogen and oxygen atoms in total. The fourth-order valence-corrected chi connectivity index (χ4v) is 3.27. The molecule has 0 aliphatic carbocycles. The second-order valence-electron chi connectivity index (χ2n) is 7.12. The van der Waals surface area contributed by atoms with Gasteiger partial charge in [0.05, 0.1) is 42.7 Å². The predicted molar refractivity (Wildman–Crippen MR) is 127 cm³/mol. The lowest BCUT2D eigenvalue weighted by Crippen LogP contribution is -2.14. The van der Waals surface area contributed by atoms with Gasteiger partial charge in [-0.15, -0.1) is 0 Å². The molecule has 0 aliphatic rings. The van der Waals surface area contributed by atoms with Crippen molar-refractivity contribution in [2.45, 2.75) is 12.8 Å². The highest BCUT2D eigenvalue weighted by molar-refractivity contribution is 5.98. The fraction of sp³-hybridized carbons (Fsp3) is 0.400. The van der Waals surface area contributed by atoms with Crippen LogP contribution >= 0.6 is 0 Å². The molecule has 2 aromatic carbocycles. The highest BCUT2D eigenvalue weighted by Crippen LogP contribution is 2.39. The lowest BCUT2D eigenvalue weighted by Gasteiger charge is -2.14. The van der Waals surface area contributed by atoms with Gasteiger partial charge in [0.15, 0.2) is 34.6 Å². The van der Waals surface area contributed by atoms with Gasteiger partial charge in [0.1, 0.15) is 13.2 Å². The van der Waals surface area contributed by atoms with Crippen LogP contribution in [0.25, 0.3) is 0 Å². The number of benzene rings is 2. The Morgan fingerprint density at radius 1 is 0.528 bits per heavy atom.